The van der Waals surface area contributed by atoms with E-state index in [1.165, 1.54) is 0 Å². The summed E-state index contributed by atoms with van der Waals surface area (Å²) in [7, 11) is 0. The second-order valence-corrected chi connectivity index (χ2v) is 5.04. The lowest BCUT2D eigenvalue weighted by atomic mass is 9.78. The van der Waals surface area contributed by atoms with Gasteiger partial charge in [-0.15, -0.1) is 0 Å². The van der Waals surface area contributed by atoms with Crippen LogP contribution in [0.25, 0.3) is 0 Å². The molecule has 0 radical (unpaired) electrons. The molecule has 0 aromatic heterocycles. The van der Waals surface area contributed by atoms with Crippen LogP contribution in [0.3, 0.4) is 0 Å². The Balaban J connectivity index is 1.64. The summed E-state index contributed by atoms with van der Waals surface area (Å²) < 4.78 is 10.5. The van der Waals surface area contributed by atoms with E-state index in [-0.39, 0.29) is 24.2 Å². The molecule has 4 heteroatoms. The monoisotopic (exact) mass is 276 g/mol. The van der Waals surface area contributed by atoms with Crippen molar-refractivity contribution in [2.45, 2.75) is 38.9 Å². The summed E-state index contributed by atoms with van der Waals surface area (Å²) >= 11 is 0. The van der Waals surface area contributed by atoms with Crippen LogP contribution in [0.5, 0.6) is 0 Å². The molecule has 1 saturated carbocycles. The Labute approximate surface area is 119 Å². The summed E-state index contributed by atoms with van der Waals surface area (Å²) in [5, 5.41) is 0. The molecule has 0 atom stereocenters. The fourth-order valence-electron chi connectivity index (χ4n) is 2.25. The number of ether oxygens (including phenoxy) is 2. The molecule has 1 aliphatic rings. The van der Waals surface area contributed by atoms with E-state index in [2.05, 4.69) is 0 Å². The van der Waals surface area contributed by atoms with E-state index in [1.807, 2.05) is 30.3 Å². The number of carbonyl (C=O) groups is 2. The van der Waals surface area contributed by atoms with Gasteiger partial charge in [0, 0.05) is 5.92 Å². The number of hydrogen-bond donors (Lipinski definition) is 0. The van der Waals surface area contributed by atoms with Crippen molar-refractivity contribution in [3.8, 4) is 0 Å². The van der Waals surface area contributed by atoms with Gasteiger partial charge in [-0.2, -0.15) is 0 Å². The maximum atomic E-state index is 11.8. The Kier molecular flexibility index (Phi) is 5.30. The van der Waals surface area contributed by atoms with Crippen LogP contribution >= 0.6 is 0 Å². The molecule has 1 aromatic carbocycles. The number of esters is 1. The first-order chi connectivity index (χ1) is 9.69. The highest BCUT2D eigenvalue weighted by Crippen LogP contribution is 2.32. The van der Waals surface area contributed by atoms with Crippen LogP contribution in [-0.2, 0) is 25.7 Å². The molecule has 0 unspecified atom stereocenters. The number of hydrogen-bond acceptors (Lipinski definition) is 4. The third kappa shape index (κ3) is 4.17. The Morgan fingerprint density at radius 2 is 1.90 bits per heavy atom. The Bertz CT molecular complexity index is 449. The van der Waals surface area contributed by atoms with Gasteiger partial charge in [0.05, 0.1) is 19.3 Å². The van der Waals surface area contributed by atoms with E-state index in [1.54, 1.807) is 6.92 Å². The zero-order chi connectivity index (χ0) is 14.4. The number of rotatable bonds is 7. The number of Topliss-reactive ketones (excluding diaryl/α,β-unsaturated/α-hetero) is 1. The molecule has 108 valence electrons. The van der Waals surface area contributed by atoms with Crippen LogP contribution in [0.15, 0.2) is 30.3 Å². The van der Waals surface area contributed by atoms with E-state index in [0.717, 1.165) is 5.56 Å². The van der Waals surface area contributed by atoms with Crippen molar-refractivity contribution in [2.24, 2.45) is 5.92 Å². The average molecular weight is 276 g/mol. The van der Waals surface area contributed by atoms with Gasteiger partial charge in [-0.05, 0) is 25.3 Å². The molecule has 0 N–H and O–H groups in total. The maximum Gasteiger partial charge on any atom is 0.313 e. The second kappa shape index (κ2) is 7.20. The van der Waals surface area contributed by atoms with Gasteiger partial charge < -0.3 is 9.47 Å². The second-order valence-electron chi connectivity index (χ2n) is 5.04. The van der Waals surface area contributed by atoms with E-state index in [0.29, 0.717) is 26.1 Å². The van der Waals surface area contributed by atoms with Gasteiger partial charge in [-0.25, -0.2) is 0 Å². The third-order valence-electron chi connectivity index (χ3n) is 3.50. The van der Waals surface area contributed by atoms with Crippen molar-refractivity contribution in [3.63, 3.8) is 0 Å². The van der Waals surface area contributed by atoms with E-state index in [9.17, 15) is 9.59 Å². The first-order valence-electron chi connectivity index (χ1n) is 7.03. The average Bonchev–Trinajstić information content (AvgIpc) is 2.38. The molecule has 1 fully saturated rings. The third-order valence-corrected chi connectivity index (χ3v) is 3.50. The highest BCUT2D eigenvalue weighted by Gasteiger charge is 2.35. The normalized spacial score (nSPS) is 21.1. The molecule has 20 heavy (non-hydrogen) atoms. The van der Waals surface area contributed by atoms with E-state index >= 15 is 0 Å². The summed E-state index contributed by atoms with van der Waals surface area (Å²) in [6.45, 7) is 2.63. The standard InChI is InChI=1S/C16H20O4/c1-2-19-16(18)10-15(17)13-8-14(9-13)20-11-12-6-4-3-5-7-12/h3-7,13-14H,2,8-11H2,1H3. The fraction of sp³-hybridized carbons (Fsp3) is 0.500. The van der Waals surface area contributed by atoms with Gasteiger partial charge in [-0.1, -0.05) is 30.3 Å². The van der Waals surface area contributed by atoms with Crippen molar-refractivity contribution in [3.05, 3.63) is 35.9 Å². The lowest BCUT2D eigenvalue weighted by Crippen LogP contribution is -2.37. The summed E-state index contributed by atoms with van der Waals surface area (Å²) in [5.74, 6) is -0.491. The van der Waals surface area contributed by atoms with Gasteiger partial charge in [-0.3, -0.25) is 9.59 Å². The first-order valence-corrected chi connectivity index (χ1v) is 7.03. The Morgan fingerprint density at radius 3 is 2.55 bits per heavy atom. The molecular weight excluding hydrogens is 256 g/mol. The first kappa shape index (κ1) is 14.7. The van der Waals surface area contributed by atoms with Crippen molar-refractivity contribution in [1.29, 1.82) is 0 Å². The molecule has 0 bridgehead atoms. The van der Waals surface area contributed by atoms with Gasteiger partial charge in [0.15, 0.2) is 0 Å². The highest BCUT2D eigenvalue weighted by molar-refractivity contribution is 5.97. The zero-order valence-electron chi connectivity index (χ0n) is 11.7. The number of carbonyl (C=O) groups excluding carboxylic acids is 2. The fourth-order valence-corrected chi connectivity index (χ4v) is 2.25. The Morgan fingerprint density at radius 1 is 1.20 bits per heavy atom. The molecule has 1 aliphatic carbocycles. The smallest absolute Gasteiger partial charge is 0.313 e. The molecule has 2 rings (SSSR count). The molecule has 0 spiro atoms. The quantitative estimate of drug-likeness (QED) is 0.567. The molecule has 0 aliphatic heterocycles. The van der Waals surface area contributed by atoms with Gasteiger partial charge >= 0.3 is 5.97 Å². The largest absolute Gasteiger partial charge is 0.466 e. The van der Waals surface area contributed by atoms with Crippen LogP contribution in [0.2, 0.25) is 0 Å². The van der Waals surface area contributed by atoms with E-state index < -0.39 is 5.97 Å². The molecule has 0 saturated heterocycles. The van der Waals surface area contributed by atoms with E-state index in [4.69, 9.17) is 9.47 Å². The topological polar surface area (TPSA) is 52.6 Å². The van der Waals surface area contributed by atoms with Crippen molar-refractivity contribution < 1.29 is 19.1 Å². The maximum absolute atomic E-state index is 11.8. The SMILES string of the molecule is CCOC(=O)CC(=O)C1CC(OCc2ccccc2)C1. The van der Waals surface area contributed by atoms with Crippen LogP contribution < -0.4 is 0 Å². The van der Waals surface area contributed by atoms with Gasteiger partial charge in [0.2, 0.25) is 0 Å². The minimum Gasteiger partial charge on any atom is -0.466 e. The summed E-state index contributed by atoms with van der Waals surface area (Å²) in [6, 6.07) is 9.96. The molecule has 0 amide bonds. The van der Waals surface area contributed by atoms with Crippen molar-refractivity contribution >= 4 is 11.8 Å². The highest BCUT2D eigenvalue weighted by atomic mass is 16.5. The minimum absolute atomic E-state index is 0.0250. The minimum atomic E-state index is -0.425. The van der Waals surface area contributed by atoms with Gasteiger partial charge in [0.25, 0.3) is 0 Å². The van der Waals surface area contributed by atoms with Crippen molar-refractivity contribution in [1.82, 2.24) is 0 Å². The summed E-state index contributed by atoms with van der Waals surface area (Å²) in [5.41, 5.74) is 1.13. The predicted molar refractivity (Wildman–Crippen MR) is 74.0 cm³/mol. The van der Waals surface area contributed by atoms with Crippen LogP contribution in [0.4, 0.5) is 0 Å². The van der Waals surface area contributed by atoms with Crippen LogP contribution in [0, 0.1) is 5.92 Å². The summed E-state index contributed by atoms with van der Waals surface area (Å²) in [4.78, 5) is 23.0. The lowest BCUT2D eigenvalue weighted by molar-refractivity contribution is -0.148. The molecule has 4 nitrogen and oxygen atoms in total. The molecule has 0 heterocycles. The predicted octanol–water partition coefficient (Wildman–Crippen LogP) is 2.50. The number of benzene rings is 1. The zero-order valence-corrected chi connectivity index (χ0v) is 11.7. The molecular formula is C16H20O4. The van der Waals surface area contributed by atoms with Gasteiger partial charge in [0.1, 0.15) is 12.2 Å². The Hall–Kier alpha value is -1.68. The van der Waals surface area contributed by atoms with Crippen molar-refractivity contribution in [2.75, 3.05) is 6.61 Å². The lowest BCUT2D eigenvalue weighted by Gasteiger charge is -2.33. The molecule has 1 aromatic rings. The van der Waals surface area contributed by atoms with Crippen LogP contribution in [0.1, 0.15) is 31.7 Å². The van der Waals surface area contributed by atoms with Crippen LogP contribution in [-0.4, -0.2) is 24.5 Å². The number of ketones is 1. The summed E-state index contributed by atoms with van der Waals surface area (Å²) in [6.07, 6.45) is 1.45.